The van der Waals surface area contributed by atoms with Gasteiger partial charge in [0.05, 0.1) is 13.2 Å². The van der Waals surface area contributed by atoms with Crippen LogP contribution in [0, 0.1) is 19.8 Å². The van der Waals surface area contributed by atoms with E-state index in [0.29, 0.717) is 5.92 Å². The normalized spacial score (nSPS) is 11.4. The van der Waals surface area contributed by atoms with Gasteiger partial charge in [-0.05, 0) is 44.4 Å². The fourth-order valence-corrected chi connectivity index (χ4v) is 2.73. The molecule has 0 aliphatic rings. The smallest absolute Gasteiger partial charge is 0.0591 e. The highest BCUT2D eigenvalue weighted by Crippen LogP contribution is 2.20. The highest BCUT2D eigenvalue weighted by molar-refractivity contribution is 7.12. The van der Waals surface area contributed by atoms with Crippen LogP contribution in [0.15, 0.2) is 6.07 Å². The summed E-state index contributed by atoms with van der Waals surface area (Å²) in [5.74, 6) is 0.714. The number of nitrogens with one attached hydrogen (secondary N) is 1. The summed E-state index contributed by atoms with van der Waals surface area (Å²) in [6.07, 6.45) is 1.04. The van der Waals surface area contributed by atoms with Crippen LogP contribution in [0.2, 0.25) is 0 Å². The highest BCUT2D eigenvalue weighted by Gasteiger charge is 2.02. The van der Waals surface area contributed by atoms with E-state index in [2.05, 4.69) is 39.1 Å². The number of hydrogen-bond donors (Lipinski definition) is 1. The molecule has 0 aliphatic heterocycles. The zero-order valence-electron chi connectivity index (χ0n) is 11.5. The average Bonchev–Trinajstić information content (AvgIpc) is 2.55. The van der Waals surface area contributed by atoms with Crippen molar-refractivity contribution in [3.8, 4) is 0 Å². The molecule has 0 radical (unpaired) electrons. The predicted molar refractivity (Wildman–Crippen MR) is 76.0 cm³/mol. The van der Waals surface area contributed by atoms with Crippen molar-refractivity contribution >= 4 is 11.3 Å². The molecular formula is C14H25NOS. The van der Waals surface area contributed by atoms with Crippen LogP contribution in [0.4, 0.5) is 0 Å². The lowest BCUT2D eigenvalue weighted by atomic mass is 10.2. The first-order valence-electron chi connectivity index (χ1n) is 6.44. The standard InChI is InChI=1S/C14H25NOS/c1-11(2)10-15-6-8-16-7-5-14-9-12(3)17-13(14)4/h9,11,15H,5-8,10H2,1-4H3. The van der Waals surface area contributed by atoms with Crippen LogP contribution in [-0.4, -0.2) is 26.3 Å². The van der Waals surface area contributed by atoms with E-state index in [1.54, 1.807) is 0 Å². The maximum atomic E-state index is 5.63. The van der Waals surface area contributed by atoms with Crippen molar-refractivity contribution in [1.82, 2.24) is 5.32 Å². The van der Waals surface area contributed by atoms with Crippen molar-refractivity contribution in [2.45, 2.75) is 34.1 Å². The van der Waals surface area contributed by atoms with Crippen molar-refractivity contribution in [1.29, 1.82) is 0 Å². The van der Waals surface area contributed by atoms with Crippen LogP contribution in [0.3, 0.4) is 0 Å². The van der Waals surface area contributed by atoms with Crippen molar-refractivity contribution in [3.05, 3.63) is 21.4 Å². The van der Waals surface area contributed by atoms with Crippen LogP contribution in [0.1, 0.15) is 29.2 Å². The molecule has 1 heterocycles. The van der Waals surface area contributed by atoms with Gasteiger partial charge in [0, 0.05) is 16.3 Å². The lowest BCUT2D eigenvalue weighted by Crippen LogP contribution is -2.24. The number of thiophene rings is 1. The quantitative estimate of drug-likeness (QED) is 0.720. The fraction of sp³-hybridized carbons (Fsp3) is 0.714. The highest BCUT2D eigenvalue weighted by atomic mass is 32.1. The van der Waals surface area contributed by atoms with Crippen LogP contribution < -0.4 is 5.32 Å². The third-order valence-electron chi connectivity index (χ3n) is 2.64. The SMILES string of the molecule is Cc1cc(CCOCCNCC(C)C)c(C)s1. The summed E-state index contributed by atoms with van der Waals surface area (Å²) in [5.41, 5.74) is 1.45. The molecule has 0 saturated carbocycles. The molecule has 0 bridgehead atoms. The molecule has 0 saturated heterocycles. The minimum absolute atomic E-state index is 0.714. The Morgan fingerprint density at radius 2 is 2.06 bits per heavy atom. The van der Waals surface area contributed by atoms with Gasteiger partial charge < -0.3 is 10.1 Å². The average molecular weight is 255 g/mol. The fourth-order valence-electron chi connectivity index (χ4n) is 1.75. The van der Waals surface area contributed by atoms with Crippen molar-refractivity contribution in [2.24, 2.45) is 5.92 Å². The van der Waals surface area contributed by atoms with E-state index in [1.165, 1.54) is 15.3 Å². The summed E-state index contributed by atoms with van der Waals surface area (Å²) in [4.78, 5) is 2.83. The van der Waals surface area contributed by atoms with Gasteiger partial charge in [0.1, 0.15) is 0 Å². The van der Waals surface area contributed by atoms with Gasteiger partial charge >= 0.3 is 0 Å². The van der Waals surface area contributed by atoms with Gasteiger partial charge in [-0.25, -0.2) is 0 Å². The van der Waals surface area contributed by atoms with Gasteiger partial charge in [-0.3, -0.25) is 0 Å². The number of aryl methyl sites for hydroxylation is 2. The van der Waals surface area contributed by atoms with E-state index in [0.717, 1.165) is 32.7 Å². The zero-order valence-corrected chi connectivity index (χ0v) is 12.3. The summed E-state index contributed by atoms with van der Waals surface area (Å²) in [6.45, 7) is 12.5. The minimum Gasteiger partial charge on any atom is -0.380 e. The second-order valence-corrected chi connectivity index (χ2v) is 6.36. The Morgan fingerprint density at radius 1 is 1.29 bits per heavy atom. The molecule has 0 fully saturated rings. The topological polar surface area (TPSA) is 21.3 Å². The van der Waals surface area contributed by atoms with Crippen LogP contribution in [-0.2, 0) is 11.2 Å². The Bertz CT molecular complexity index is 320. The Kier molecular flexibility index (Phi) is 6.78. The maximum absolute atomic E-state index is 5.63. The minimum atomic E-state index is 0.714. The third-order valence-corrected chi connectivity index (χ3v) is 3.64. The molecule has 0 amide bonds. The van der Waals surface area contributed by atoms with Crippen molar-refractivity contribution in [2.75, 3.05) is 26.3 Å². The third kappa shape index (κ3) is 6.20. The van der Waals surface area contributed by atoms with Crippen LogP contribution >= 0.6 is 11.3 Å². The Balaban J connectivity index is 2.03. The Labute approximate surface area is 109 Å². The number of rotatable bonds is 8. The number of hydrogen-bond acceptors (Lipinski definition) is 3. The molecule has 17 heavy (non-hydrogen) atoms. The number of ether oxygens (including phenoxy) is 1. The molecule has 3 heteroatoms. The van der Waals surface area contributed by atoms with Gasteiger partial charge in [-0.15, -0.1) is 11.3 Å². The zero-order chi connectivity index (χ0) is 12.7. The van der Waals surface area contributed by atoms with E-state index in [9.17, 15) is 0 Å². The molecule has 0 aliphatic carbocycles. The summed E-state index contributed by atoms with van der Waals surface area (Å²) in [5, 5.41) is 3.38. The predicted octanol–water partition coefficient (Wildman–Crippen LogP) is 3.17. The largest absolute Gasteiger partial charge is 0.380 e. The first kappa shape index (κ1) is 14.7. The first-order valence-corrected chi connectivity index (χ1v) is 7.25. The van der Waals surface area contributed by atoms with Gasteiger partial charge in [-0.2, -0.15) is 0 Å². The molecular weight excluding hydrogens is 230 g/mol. The summed E-state index contributed by atoms with van der Waals surface area (Å²) >= 11 is 1.88. The Hall–Kier alpha value is -0.380. The molecule has 0 atom stereocenters. The van der Waals surface area contributed by atoms with Gasteiger partial charge in [-0.1, -0.05) is 13.8 Å². The summed E-state index contributed by atoms with van der Waals surface area (Å²) < 4.78 is 5.63. The Morgan fingerprint density at radius 3 is 2.65 bits per heavy atom. The van der Waals surface area contributed by atoms with Crippen LogP contribution in [0.25, 0.3) is 0 Å². The maximum Gasteiger partial charge on any atom is 0.0591 e. The van der Waals surface area contributed by atoms with Gasteiger partial charge in [0.2, 0.25) is 0 Å². The molecule has 0 spiro atoms. The van der Waals surface area contributed by atoms with Crippen LogP contribution in [0.5, 0.6) is 0 Å². The molecule has 1 rings (SSSR count). The molecule has 0 aromatic carbocycles. The second kappa shape index (κ2) is 7.85. The van der Waals surface area contributed by atoms with E-state index in [1.807, 2.05) is 11.3 Å². The second-order valence-electron chi connectivity index (χ2n) is 4.90. The lowest BCUT2D eigenvalue weighted by molar-refractivity contribution is 0.138. The molecule has 1 aromatic heterocycles. The van der Waals surface area contributed by atoms with Crippen molar-refractivity contribution < 1.29 is 4.74 Å². The van der Waals surface area contributed by atoms with E-state index >= 15 is 0 Å². The molecule has 1 aromatic rings. The van der Waals surface area contributed by atoms with Crippen molar-refractivity contribution in [3.63, 3.8) is 0 Å². The summed E-state index contributed by atoms with van der Waals surface area (Å²) in [7, 11) is 0. The summed E-state index contributed by atoms with van der Waals surface area (Å²) in [6, 6.07) is 2.28. The van der Waals surface area contributed by atoms with E-state index in [-0.39, 0.29) is 0 Å². The molecule has 1 N–H and O–H groups in total. The molecule has 98 valence electrons. The molecule has 0 unspecified atom stereocenters. The van der Waals surface area contributed by atoms with Gasteiger partial charge in [0.25, 0.3) is 0 Å². The van der Waals surface area contributed by atoms with E-state index in [4.69, 9.17) is 4.74 Å². The van der Waals surface area contributed by atoms with E-state index < -0.39 is 0 Å². The lowest BCUT2D eigenvalue weighted by Gasteiger charge is -2.07. The first-order chi connectivity index (χ1) is 8.09. The van der Waals surface area contributed by atoms with Gasteiger partial charge in [0.15, 0.2) is 0 Å². The molecule has 2 nitrogen and oxygen atoms in total. The monoisotopic (exact) mass is 255 g/mol.